The topological polar surface area (TPSA) is 64.2 Å². The highest BCUT2D eigenvalue weighted by atomic mass is 35.5. The van der Waals surface area contributed by atoms with Gasteiger partial charge < -0.3 is 9.98 Å². The summed E-state index contributed by atoms with van der Waals surface area (Å²) >= 11 is -2.28. The molecule has 0 heterocycles. The minimum Gasteiger partial charge on any atom is -0.759 e. The minimum absolute atomic E-state index is 0. The molecule has 0 aliphatic carbocycles. The molecule has 0 bridgehead atoms. The van der Waals surface area contributed by atoms with Crippen LogP contribution in [0.1, 0.15) is 0 Å². The van der Waals surface area contributed by atoms with Crippen LogP contribution in [0.25, 0.3) is 0 Å². The molecule has 6 heteroatoms. The van der Waals surface area contributed by atoms with E-state index in [1.165, 1.54) is 0 Å². The fourth-order valence-electron chi connectivity index (χ4n) is 0.622. The first-order valence-corrected chi connectivity index (χ1v) is 4.02. The molecular weight excluding hydrogens is 200 g/mol. The van der Waals surface area contributed by atoms with Gasteiger partial charge in [0.25, 0.3) is 0 Å². The monoisotopic (exact) mass is 207 g/mol. The number of benzene rings is 1. The fourth-order valence-corrected chi connectivity index (χ4v) is 0.823. The average molecular weight is 208 g/mol. The van der Waals surface area contributed by atoms with Gasteiger partial charge in [0.1, 0.15) is 0 Å². The molecule has 0 radical (unpaired) electrons. The molecule has 68 valence electrons. The van der Waals surface area contributed by atoms with Crippen molar-refractivity contribution in [2.75, 3.05) is 5.43 Å². The average Bonchev–Trinajstić information content (AvgIpc) is 2.03. The highest BCUT2D eigenvalue weighted by Gasteiger charge is 1.85. The van der Waals surface area contributed by atoms with Gasteiger partial charge >= 0.3 is 0 Å². The maximum atomic E-state index is 10.00. The Morgan fingerprint density at radius 3 is 2.33 bits per heavy atom. The van der Waals surface area contributed by atoms with Crippen LogP contribution in [-0.4, -0.2) is 8.76 Å². The van der Waals surface area contributed by atoms with Crippen molar-refractivity contribution in [1.29, 1.82) is 0 Å². The number of halogens is 1. The van der Waals surface area contributed by atoms with Crippen molar-refractivity contribution >= 4 is 29.4 Å². The molecule has 1 aromatic carbocycles. The molecule has 0 aliphatic heterocycles. The van der Waals surface area contributed by atoms with E-state index in [9.17, 15) is 8.76 Å². The van der Waals surface area contributed by atoms with Crippen molar-refractivity contribution < 1.29 is 8.76 Å². The van der Waals surface area contributed by atoms with Crippen molar-refractivity contribution in [2.45, 2.75) is 0 Å². The maximum absolute atomic E-state index is 10.00. The molecule has 1 rings (SSSR count). The number of nitrogens with one attached hydrogen (secondary N) is 2. The molecule has 0 spiro atoms. The lowest BCUT2D eigenvalue weighted by Crippen LogP contribution is -2.23. The van der Waals surface area contributed by atoms with Gasteiger partial charge in [-0.1, -0.05) is 18.2 Å². The zero-order chi connectivity index (χ0) is 8.10. The van der Waals surface area contributed by atoms with E-state index in [0.717, 1.165) is 0 Å². The van der Waals surface area contributed by atoms with Gasteiger partial charge in [-0.15, -0.1) is 12.4 Å². The van der Waals surface area contributed by atoms with Crippen molar-refractivity contribution in [3.8, 4) is 0 Å². The van der Waals surface area contributed by atoms with E-state index in [2.05, 4.69) is 5.43 Å². The Hall–Kier alpha value is -0.620. The number of rotatable bonds is 3. The lowest BCUT2D eigenvalue weighted by Gasteiger charge is -2.08. The lowest BCUT2D eigenvalue weighted by atomic mass is 10.3. The summed E-state index contributed by atoms with van der Waals surface area (Å²) in [5.41, 5.74) is 3.19. The van der Waals surface area contributed by atoms with Crippen LogP contribution in [0.4, 0.5) is 5.69 Å². The Labute approximate surface area is 79.2 Å². The van der Waals surface area contributed by atoms with Gasteiger partial charge in [0.2, 0.25) is 0 Å². The number of hydrogen-bond donors (Lipinski definition) is 2. The summed E-state index contributed by atoms with van der Waals surface area (Å²) in [6.45, 7) is 0. The van der Waals surface area contributed by atoms with Crippen molar-refractivity contribution in [3.05, 3.63) is 30.3 Å². The lowest BCUT2D eigenvalue weighted by molar-refractivity contribution is 0.528. The first-order valence-electron chi connectivity index (χ1n) is 2.95. The molecule has 12 heavy (non-hydrogen) atoms. The van der Waals surface area contributed by atoms with Gasteiger partial charge in [-0.3, -0.25) is 4.21 Å². The molecular formula is C6H8ClN2O2S-. The standard InChI is InChI=1S/C6H8N2O2S.ClH/c9-11(10)8-7-6-4-2-1-3-5-6;/h1-5,7-8H,(H,9,10);1H/p-1. The van der Waals surface area contributed by atoms with Crippen LogP contribution >= 0.6 is 12.4 Å². The van der Waals surface area contributed by atoms with Crippen molar-refractivity contribution in [2.24, 2.45) is 0 Å². The normalized spacial score (nSPS) is 11.4. The van der Waals surface area contributed by atoms with Crippen LogP contribution in [0.15, 0.2) is 30.3 Å². The van der Waals surface area contributed by atoms with Crippen LogP contribution < -0.4 is 10.3 Å². The number of hydrazine groups is 1. The fraction of sp³-hybridized carbons (Fsp3) is 0. The van der Waals surface area contributed by atoms with Crippen molar-refractivity contribution in [3.63, 3.8) is 0 Å². The summed E-state index contributed by atoms with van der Waals surface area (Å²) in [6.07, 6.45) is 0. The van der Waals surface area contributed by atoms with Gasteiger partial charge in [-0.25, -0.2) is 0 Å². The second-order valence-electron chi connectivity index (χ2n) is 1.83. The Morgan fingerprint density at radius 2 is 1.83 bits per heavy atom. The third kappa shape index (κ3) is 4.30. The quantitative estimate of drug-likeness (QED) is 0.570. The first-order chi connectivity index (χ1) is 5.29. The highest BCUT2D eigenvalue weighted by Crippen LogP contribution is 2.02. The highest BCUT2D eigenvalue weighted by molar-refractivity contribution is 7.77. The van der Waals surface area contributed by atoms with E-state index in [1.54, 1.807) is 24.3 Å². The van der Waals surface area contributed by atoms with Gasteiger partial charge in [0.05, 0.1) is 0 Å². The molecule has 4 nitrogen and oxygen atoms in total. The molecule has 1 aromatic rings. The summed E-state index contributed by atoms with van der Waals surface area (Å²) in [5, 5.41) is 0. The van der Waals surface area contributed by atoms with Crippen LogP contribution in [0.3, 0.4) is 0 Å². The number of hydrogen-bond acceptors (Lipinski definition) is 3. The second kappa shape index (κ2) is 5.96. The van der Waals surface area contributed by atoms with Crippen LogP contribution in [-0.2, 0) is 11.3 Å². The summed E-state index contributed by atoms with van der Waals surface area (Å²) < 4.78 is 20.0. The molecule has 1 unspecified atom stereocenters. The Balaban J connectivity index is 0.00000121. The SMILES string of the molecule is Cl.O=S([O-])NNc1ccccc1. The smallest absolute Gasteiger partial charge is 0.0497 e. The molecule has 2 N–H and O–H groups in total. The number of para-hydroxylation sites is 1. The zero-order valence-electron chi connectivity index (χ0n) is 6.02. The summed E-state index contributed by atoms with van der Waals surface area (Å²) in [5.74, 6) is 0. The second-order valence-corrected chi connectivity index (χ2v) is 2.50. The summed E-state index contributed by atoms with van der Waals surface area (Å²) in [4.78, 5) is 2.03. The number of anilines is 1. The van der Waals surface area contributed by atoms with Crippen LogP contribution in [0.5, 0.6) is 0 Å². The van der Waals surface area contributed by atoms with Gasteiger partial charge in [0.15, 0.2) is 0 Å². The van der Waals surface area contributed by atoms with E-state index in [4.69, 9.17) is 0 Å². The Bertz CT molecular complexity index is 245. The minimum atomic E-state index is -2.28. The molecule has 0 aromatic heterocycles. The van der Waals surface area contributed by atoms with Crippen LogP contribution in [0, 0.1) is 0 Å². The molecule has 0 fully saturated rings. The third-order valence-corrected chi connectivity index (χ3v) is 1.32. The first kappa shape index (κ1) is 11.4. The Morgan fingerprint density at radius 1 is 1.25 bits per heavy atom. The van der Waals surface area contributed by atoms with E-state index in [-0.39, 0.29) is 12.4 Å². The maximum Gasteiger partial charge on any atom is 0.0497 e. The van der Waals surface area contributed by atoms with Gasteiger partial charge in [0, 0.05) is 17.0 Å². The zero-order valence-corrected chi connectivity index (χ0v) is 7.65. The molecule has 0 amide bonds. The van der Waals surface area contributed by atoms with E-state index < -0.39 is 11.3 Å². The summed E-state index contributed by atoms with van der Waals surface area (Å²) in [6, 6.07) is 8.95. The van der Waals surface area contributed by atoms with E-state index in [1.807, 2.05) is 10.9 Å². The summed E-state index contributed by atoms with van der Waals surface area (Å²) in [7, 11) is 0. The van der Waals surface area contributed by atoms with E-state index >= 15 is 0 Å². The van der Waals surface area contributed by atoms with E-state index in [0.29, 0.717) is 5.69 Å². The predicted molar refractivity (Wildman–Crippen MR) is 49.4 cm³/mol. The van der Waals surface area contributed by atoms with Crippen LogP contribution in [0.2, 0.25) is 0 Å². The third-order valence-electron chi connectivity index (χ3n) is 1.05. The van der Waals surface area contributed by atoms with Crippen molar-refractivity contribution in [1.82, 2.24) is 4.83 Å². The largest absolute Gasteiger partial charge is 0.759 e. The molecule has 0 saturated heterocycles. The molecule has 0 saturated carbocycles. The Kier molecular flexibility index (Phi) is 5.65. The predicted octanol–water partition coefficient (Wildman–Crippen LogP) is 0.819. The molecule has 0 aliphatic rings. The van der Waals surface area contributed by atoms with Gasteiger partial charge in [-0.2, -0.15) is 4.83 Å². The molecule has 1 atom stereocenters. The van der Waals surface area contributed by atoms with Gasteiger partial charge in [-0.05, 0) is 12.1 Å².